The van der Waals surface area contributed by atoms with Crippen LogP contribution in [0.1, 0.15) is 29.6 Å². The topological polar surface area (TPSA) is 90.3 Å². The fourth-order valence-corrected chi connectivity index (χ4v) is 3.53. The van der Waals surface area contributed by atoms with Gasteiger partial charge in [0.05, 0.1) is 19.2 Å². The minimum absolute atomic E-state index is 0.0138. The van der Waals surface area contributed by atoms with Crippen molar-refractivity contribution in [3.8, 4) is 5.75 Å². The minimum Gasteiger partial charge on any atom is -0.497 e. The molecule has 2 heterocycles. The summed E-state index contributed by atoms with van der Waals surface area (Å²) in [4.78, 5) is 16.4. The predicted octanol–water partition coefficient (Wildman–Crippen LogP) is 3.02. The second-order valence-corrected chi connectivity index (χ2v) is 6.82. The van der Waals surface area contributed by atoms with Crippen LogP contribution in [0.3, 0.4) is 0 Å². The summed E-state index contributed by atoms with van der Waals surface area (Å²) in [6.07, 6.45) is 0.790. The summed E-state index contributed by atoms with van der Waals surface area (Å²) in [6.45, 7) is -0.0477. The first-order chi connectivity index (χ1) is 14.2. The quantitative estimate of drug-likeness (QED) is 0.669. The van der Waals surface area contributed by atoms with Gasteiger partial charge in [0.2, 0.25) is 5.95 Å². The third kappa shape index (κ3) is 4.07. The first-order valence-electron chi connectivity index (χ1n) is 9.38. The number of carbonyl (C=O) groups excluding carboxylic acids is 1. The van der Waals surface area contributed by atoms with Gasteiger partial charge in [0.25, 0.3) is 11.9 Å². The van der Waals surface area contributed by atoms with Crippen LogP contribution in [0.5, 0.6) is 5.75 Å². The molecule has 2 atom stereocenters. The number of fused-ring (bicyclic) bond motifs is 1. The molecule has 29 heavy (non-hydrogen) atoms. The first-order valence-corrected chi connectivity index (χ1v) is 9.38. The molecule has 0 bridgehead atoms. The van der Waals surface area contributed by atoms with Crippen molar-refractivity contribution in [3.63, 3.8) is 0 Å². The molecule has 1 aromatic heterocycles. The third-order valence-electron chi connectivity index (χ3n) is 4.92. The van der Waals surface area contributed by atoms with Gasteiger partial charge in [-0.3, -0.25) is 10.1 Å². The van der Waals surface area contributed by atoms with Crippen molar-refractivity contribution >= 4 is 17.8 Å². The Morgan fingerprint density at radius 3 is 2.59 bits per heavy atom. The van der Waals surface area contributed by atoms with Crippen LogP contribution >= 0.6 is 0 Å². The van der Waals surface area contributed by atoms with Gasteiger partial charge in [-0.1, -0.05) is 42.5 Å². The lowest BCUT2D eigenvalue weighted by Gasteiger charge is -2.31. The van der Waals surface area contributed by atoms with Gasteiger partial charge in [-0.15, -0.1) is 5.10 Å². The number of carbonyl (C=O) groups is 1. The smallest absolute Gasteiger partial charge is 0.252 e. The van der Waals surface area contributed by atoms with E-state index in [1.807, 2.05) is 47.1 Å². The van der Waals surface area contributed by atoms with Gasteiger partial charge in [0, 0.05) is 7.11 Å². The summed E-state index contributed by atoms with van der Waals surface area (Å²) in [5.74, 6) is 1.39. The van der Waals surface area contributed by atoms with E-state index in [-0.39, 0.29) is 30.5 Å². The van der Waals surface area contributed by atoms with E-state index in [0.717, 1.165) is 23.3 Å². The Balaban J connectivity index is 1.67. The Morgan fingerprint density at radius 2 is 1.90 bits per heavy atom. The van der Waals surface area contributed by atoms with E-state index in [2.05, 4.69) is 32.8 Å². The number of hydrogen-bond acceptors (Lipinski definition) is 6. The van der Waals surface area contributed by atoms with Crippen molar-refractivity contribution in [2.24, 2.45) is 0 Å². The highest BCUT2D eigenvalue weighted by molar-refractivity contribution is 5.90. The highest BCUT2D eigenvalue weighted by atomic mass is 16.5. The van der Waals surface area contributed by atoms with E-state index in [0.29, 0.717) is 5.95 Å². The molecule has 0 aliphatic carbocycles. The fourth-order valence-electron chi connectivity index (χ4n) is 3.53. The number of amides is 1. The van der Waals surface area contributed by atoms with Crippen molar-refractivity contribution in [1.29, 1.82) is 0 Å². The van der Waals surface area contributed by atoms with E-state index in [9.17, 15) is 4.79 Å². The highest BCUT2D eigenvalue weighted by Gasteiger charge is 2.31. The molecule has 0 spiro atoms. The zero-order chi connectivity index (χ0) is 20.2. The summed E-state index contributed by atoms with van der Waals surface area (Å²) in [5, 5.41) is 10.6. The number of rotatable bonds is 6. The molecule has 0 unspecified atom stereocenters. The van der Waals surface area contributed by atoms with E-state index < -0.39 is 0 Å². The van der Waals surface area contributed by atoms with Crippen LogP contribution in [0, 0.1) is 0 Å². The average Bonchev–Trinajstić information content (AvgIpc) is 3.16. The molecule has 1 aliphatic heterocycles. The molecule has 0 saturated carbocycles. The second-order valence-electron chi connectivity index (χ2n) is 6.82. The first kappa shape index (κ1) is 18.9. The number of hydrogen-bond donors (Lipinski definition) is 2. The number of nitrogens with zero attached hydrogens (tertiary/aromatic N) is 3. The second kappa shape index (κ2) is 8.32. The molecule has 2 N–H and O–H groups in total. The number of nitrogens with one attached hydrogen (secondary N) is 2. The van der Waals surface area contributed by atoms with Gasteiger partial charge in [-0.2, -0.15) is 4.98 Å². The third-order valence-corrected chi connectivity index (χ3v) is 4.92. The molecule has 1 amide bonds. The zero-order valence-electron chi connectivity index (χ0n) is 16.3. The predicted molar refractivity (Wildman–Crippen MR) is 109 cm³/mol. The van der Waals surface area contributed by atoms with Gasteiger partial charge in [0.1, 0.15) is 12.4 Å². The molecule has 1 aliphatic rings. The average molecular weight is 393 g/mol. The Morgan fingerprint density at radius 1 is 1.14 bits per heavy atom. The molecule has 0 fully saturated rings. The summed E-state index contributed by atoms with van der Waals surface area (Å²) < 4.78 is 12.0. The molecular formula is C21H23N5O3. The van der Waals surface area contributed by atoms with Gasteiger partial charge in [-0.05, 0) is 29.7 Å². The molecule has 3 aromatic rings. The van der Waals surface area contributed by atoms with Gasteiger partial charge < -0.3 is 14.8 Å². The Bertz CT molecular complexity index is 972. The SMILES string of the molecule is COCC(=O)Nc1nc2n(n1)[C@@H](c1ccccc1)C[C@H](c1ccc(OC)cc1)N2. The van der Waals surface area contributed by atoms with Crippen molar-refractivity contribution in [2.45, 2.75) is 18.5 Å². The van der Waals surface area contributed by atoms with Crippen LogP contribution in [-0.2, 0) is 9.53 Å². The largest absolute Gasteiger partial charge is 0.497 e. The van der Waals surface area contributed by atoms with Crippen LogP contribution < -0.4 is 15.4 Å². The maximum absolute atomic E-state index is 11.9. The van der Waals surface area contributed by atoms with Crippen LogP contribution in [0.15, 0.2) is 54.6 Å². The standard InChI is InChI=1S/C21H23N5O3/c1-28-13-19(27)23-20-24-21-22-17(14-8-10-16(29-2)11-9-14)12-18(26(21)25-20)15-6-4-3-5-7-15/h3-11,17-18H,12-13H2,1-2H3,(H2,22,23,24,25,27)/t17-,18-/m1/s1. The number of methoxy groups -OCH3 is 2. The summed E-state index contributed by atoms with van der Waals surface area (Å²) >= 11 is 0. The highest BCUT2D eigenvalue weighted by Crippen LogP contribution is 2.38. The molecule has 0 radical (unpaired) electrons. The van der Waals surface area contributed by atoms with E-state index in [1.165, 1.54) is 7.11 Å². The van der Waals surface area contributed by atoms with E-state index >= 15 is 0 Å². The lowest BCUT2D eigenvalue weighted by atomic mass is 9.93. The normalized spacial score (nSPS) is 17.9. The fraction of sp³-hybridized carbons (Fsp3) is 0.286. The van der Waals surface area contributed by atoms with Crippen LogP contribution in [-0.4, -0.2) is 41.5 Å². The molecule has 2 aromatic carbocycles. The molecule has 0 saturated heterocycles. The summed E-state index contributed by atoms with van der Waals surface area (Å²) in [5.41, 5.74) is 2.26. The Labute approximate surface area is 168 Å². The van der Waals surface area contributed by atoms with Crippen molar-refractivity contribution in [1.82, 2.24) is 14.8 Å². The van der Waals surface area contributed by atoms with Gasteiger partial charge in [-0.25, -0.2) is 4.68 Å². The summed E-state index contributed by atoms with van der Waals surface area (Å²) in [7, 11) is 3.12. The monoisotopic (exact) mass is 393 g/mol. The van der Waals surface area contributed by atoms with Crippen molar-refractivity contribution < 1.29 is 14.3 Å². The van der Waals surface area contributed by atoms with Crippen molar-refractivity contribution in [3.05, 3.63) is 65.7 Å². The van der Waals surface area contributed by atoms with Gasteiger partial charge in [0.15, 0.2) is 0 Å². The Kier molecular flexibility index (Phi) is 5.44. The number of ether oxygens (including phenoxy) is 2. The lowest BCUT2D eigenvalue weighted by molar-refractivity contribution is -0.119. The zero-order valence-corrected chi connectivity index (χ0v) is 16.3. The van der Waals surface area contributed by atoms with Crippen LogP contribution in [0.2, 0.25) is 0 Å². The Hall–Kier alpha value is -3.39. The van der Waals surface area contributed by atoms with E-state index in [4.69, 9.17) is 9.47 Å². The molecule has 8 nitrogen and oxygen atoms in total. The lowest BCUT2D eigenvalue weighted by Crippen LogP contribution is -2.28. The maximum atomic E-state index is 11.9. The molecule has 4 rings (SSSR count). The van der Waals surface area contributed by atoms with Crippen LogP contribution in [0.25, 0.3) is 0 Å². The van der Waals surface area contributed by atoms with Gasteiger partial charge >= 0.3 is 0 Å². The van der Waals surface area contributed by atoms with Crippen LogP contribution in [0.4, 0.5) is 11.9 Å². The number of anilines is 2. The molecule has 8 heteroatoms. The number of aromatic nitrogens is 3. The van der Waals surface area contributed by atoms with E-state index in [1.54, 1.807) is 7.11 Å². The minimum atomic E-state index is -0.293. The number of benzene rings is 2. The molecule has 150 valence electrons. The maximum Gasteiger partial charge on any atom is 0.252 e. The summed E-state index contributed by atoms with van der Waals surface area (Å²) in [6, 6.07) is 18.2. The molecular weight excluding hydrogens is 370 g/mol. The van der Waals surface area contributed by atoms with Crippen molar-refractivity contribution in [2.75, 3.05) is 31.5 Å².